The molecule has 114 valence electrons. The van der Waals surface area contributed by atoms with Crippen LogP contribution < -0.4 is 5.32 Å². The molecular weight excluding hydrogens is 346 g/mol. The first-order valence-corrected chi connectivity index (χ1v) is 7.56. The van der Waals surface area contributed by atoms with E-state index in [2.05, 4.69) is 21.2 Å². The van der Waals surface area contributed by atoms with Gasteiger partial charge < -0.3 is 10.1 Å². The Bertz CT molecular complexity index is 713. The van der Waals surface area contributed by atoms with E-state index in [0.717, 1.165) is 15.6 Å². The van der Waals surface area contributed by atoms with Crippen LogP contribution in [0, 0.1) is 13.8 Å². The Kier molecular flexibility index (Phi) is 5.33. The molecule has 0 radical (unpaired) electrons. The topological polar surface area (TPSA) is 55.4 Å². The molecule has 1 N–H and O–H groups in total. The summed E-state index contributed by atoms with van der Waals surface area (Å²) in [5.41, 5.74) is 2.98. The Labute approximate surface area is 137 Å². The third-order valence-corrected chi connectivity index (χ3v) is 4.00. The molecule has 0 heterocycles. The van der Waals surface area contributed by atoms with Gasteiger partial charge in [-0.3, -0.25) is 4.79 Å². The quantitative estimate of drug-likeness (QED) is 0.841. The molecule has 4 nitrogen and oxygen atoms in total. The van der Waals surface area contributed by atoms with Gasteiger partial charge in [0.1, 0.15) is 0 Å². The van der Waals surface area contributed by atoms with Gasteiger partial charge in [-0.15, -0.1) is 0 Å². The van der Waals surface area contributed by atoms with Crippen molar-refractivity contribution in [2.75, 3.05) is 11.9 Å². The monoisotopic (exact) mass is 361 g/mol. The normalized spacial score (nSPS) is 10.1. The fraction of sp³-hybridized carbons (Fsp3) is 0.176. The van der Waals surface area contributed by atoms with E-state index in [9.17, 15) is 9.59 Å². The number of benzene rings is 2. The Morgan fingerprint density at radius 2 is 1.82 bits per heavy atom. The van der Waals surface area contributed by atoms with Gasteiger partial charge in [0.05, 0.1) is 11.3 Å². The van der Waals surface area contributed by atoms with Gasteiger partial charge in [0.25, 0.3) is 5.91 Å². The molecule has 2 aromatic rings. The number of amides is 1. The van der Waals surface area contributed by atoms with Crippen LogP contribution in [0.2, 0.25) is 0 Å². The first-order chi connectivity index (χ1) is 10.5. The molecule has 0 fully saturated rings. The van der Waals surface area contributed by atoms with E-state index >= 15 is 0 Å². The van der Waals surface area contributed by atoms with E-state index < -0.39 is 5.97 Å². The predicted octanol–water partition coefficient (Wildman–Crippen LogP) is 3.86. The second-order valence-corrected chi connectivity index (χ2v) is 5.71. The molecule has 2 aromatic carbocycles. The number of anilines is 1. The molecule has 0 bridgehead atoms. The smallest absolute Gasteiger partial charge is 0.338 e. The van der Waals surface area contributed by atoms with Crippen LogP contribution in [-0.4, -0.2) is 18.5 Å². The average molecular weight is 362 g/mol. The summed E-state index contributed by atoms with van der Waals surface area (Å²) in [6, 6.07) is 12.6. The molecule has 5 heteroatoms. The van der Waals surface area contributed by atoms with Gasteiger partial charge >= 0.3 is 5.97 Å². The summed E-state index contributed by atoms with van der Waals surface area (Å²) in [6.07, 6.45) is 0. The van der Waals surface area contributed by atoms with Crippen molar-refractivity contribution in [3.63, 3.8) is 0 Å². The maximum absolute atomic E-state index is 12.0. The largest absolute Gasteiger partial charge is 0.452 e. The van der Waals surface area contributed by atoms with Crippen molar-refractivity contribution in [1.29, 1.82) is 0 Å². The van der Waals surface area contributed by atoms with Gasteiger partial charge in [-0.2, -0.15) is 0 Å². The van der Waals surface area contributed by atoms with Crippen LogP contribution in [-0.2, 0) is 9.53 Å². The maximum Gasteiger partial charge on any atom is 0.338 e. The van der Waals surface area contributed by atoms with Crippen LogP contribution in [0.15, 0.2) is 46.9 Å². The molecule has 0 spiro atoms. The third kappa shape index (κ3) is 3.95. The number of carbonyl (C=O) groups is 2. The SMILES string of the molecule is Cc1cccc(C(=O)OCC(=O)Nc2ccccc2Br)c1C. The van der Waals surface area contributed by atoms with Crippen LogP contribution in [0.25, 0.3) is 0 Å². The average Bonchev–Trinajstić information content (AvgIpc) is 2.50. The van der Waals surface area contributed by atoms with Gasteiger partial charge in [-0.1, -0.05) is 24.3 Å². The second-order valence-electron chi connectivity index (χ2n) is 4.85. The summed E-state index contributed by atoms with van der Waals surface area (Å²) < 4.78 is 5.84. The van der Waals surface area contributed by atoms with E-state index in [1.54, 1.807) is 18.2 Å². The molecule has 0 saturated carbocycles. The van der Waals surface area contributed by atoms with Gasteiger partial charge in [0.2, 0.25) is 0 Å². The first kappa shape index (κ1) is 16.2. The highest BCUT2D eigenvalue weighted by Gasteiger charge is 2.14. The van der Waals surface area contributed by atoms with Crippen LogP contribution in [0.3, 0.4) is 0 Å². The Hall–Kier alpha value is -2.14. The Morgan fingerprint density at radius 1 is 1.09 bits per heavy atom. The van der Waals surface area contributed by atoms with E-state index in [0.29, 0.717) is 11.3 Å². The molecule has 2 rings (SSSR count). The standard InChI is InChI=1S/C17H16BrNO3/c1-11-6-5-7-13(12(11)2)17(21)22-10-16(20)19-15-9-4-3-8-14(15)18/h3-9H,10H2,1-2H3,(H,19,20). The van der Waals surface area contributed by atoms with E-state index in [4.69, 9.17) is 4.74 Å². The fourth-order valence-electron chi connectivity index (χ4n) is 1.93. The number of halogens is 1. The van der Waals surface area contributed by atoms with Gasteiger partial charge in [-0.05, 0) is 59.1 Å². The van der Waals surface area contributed by atoms with Gasteiger partial charge in [0.15, 0.2) is 6.61 Å². The molecule has 22 heavy (non-hydrogen) atoms. The zero-order valence-electron chi connectivity index (χ0n) is 12.4. The molecule has 0 unspecified atom stereocenters. The molecule has 1 amide bonds. The number of aryl methyl sites for hydroxylation is 1. The lowest BCUT2D eigenvalue weighted by Gasteiger charge is -2.10. The summed E-state index contributed by atoms with van der Waals surface area (Å²) in [6.45, 7) is 3.45. The zero-order valence-corrected chi connectivity index (χ0v) is 13.9. The van der Waals surface area contributed by atoms with Crippen LogP contribution in [0.1, 0.15) is 21.5 Å². The highest BCUT2D eigenvalue weighted by Crippen LogP contribution is 2.21. The van der Waals surface area contributed by atoms with E-state index in [1.165, 1.54) is 0 Å². The number of rotatable bonds is 4. The Balaban J connectivity index is 1.95. The summed E-state index contributed by atoms with van der Waals surface area (Å²) in [7, 11) is 0. The fourth-order valence-corrected chi connectivity index (χ4v) is 2.31. The predicted molar refractivity (Wildman–Crippen MR) is 89.0 cm³/mol. The van der Waals surface area contributed by atoms with E-state index in [1.807, 2.05) is 38.1 Å². The number of nitrogens with one attached hydrogen (secondary N) is 1. The van der Waals surface area contributed by atoms with Crippen molar-refractivity contribution in [2.24, 2.45) is 0 Å². The third-order valence-electron chi connectivity index (χ3n) is 3.31. The molecule has 0 aliphatic heterocycles. The first-order valence-electron chi connectivity index (χ1n) is 6.76. The van der Waals surface area contributed by atoms with Crippen molar-refractivity contribution in [2.45, 2.75) is 13.8 Å². The molecule has 0 saturated heterocycles. The summed E-state index contributed by atoms with van der Waals surface area (Å²) in [4.78, 5) is 23.9. The van der Waals surface area contributed by atoms with Crippen molar-refractivity contribution in [3.8, 4) is 0 Å². The highest BCUT2D eigenvalue weighted by molar-refractivity contribution is 9.10. The minimum atomic E-state index is -0.497. The van der Waals surface area contributed by atoms with Crippen molar-refractivity contribution in [3.05, 3.63) is 63.6 Å². The summed E-state index contributed by atoms with van der Waals surface area (Å²) in [5.74, 6) is -0.881. The lowest BCUT2D eigenvalue weighted by Crippen LogP contribution is -2.21. The molecule has 0 aliphatic carbocycles. The lowest BCUT2D eigenvalue weighted by molar-refractivity contribution is -0.119. The van der Waals surface area contributed by atoms with Crippen LogP contribution in [0.5, 0.6) is 0 Å². The number of esters is 1. The highest BCUT2D eigenvalue weighted by atomic mass is 79.9. The zero-order chi connectivity index (χ0) is 16.1. The van der Waals surface area contributed by atoms with Gasteiger partial charge in [0, 0.05) is 4.47 Å². The van der Waals surface area contributed by atoms with Crippen LogP contribution in [0.4, 0.5) is 5.69 Å². The van der Waals surface area contributed by atoms with Crippen molar-refractivity contribution >= 4 is 33.5 Å². The van der Waals surface area contributed by atoms with E-state index in [-0.39, 0.29) is 12.5 Å². The maximum atomic E-state index is 12.0. The van der Waals surface area contributed by atoms with Crippen molar-refractivity contribution in [1.82, 2.24) is 0 Å². The Morgan fingerprint density at radius 3 is 2.55 bits per heavy atom. The van der Waals surface area contributed by atoms with Crippen LogP contribution >= 0.6 is 15.9 Å². The molecule has 0 atom stereocenters. The minimum Gasteiger partial charge on any atom is -0.452 e. The minimum absolute atomic E-state index is 0.326. The number of carbonyl (C=O) groups excluding carboxylic acids is 2. The summed E-state index contributed by atoms with van der Waals surface area (Å²) >= 11 is 3.34. The molecule has 0 aromatic heterocycles. The second kappa shape index (κ2) is 7.22. The van der Waals surface area contributed by atoms with Gasteiger partial charge in [-0.25, -0.2) is 4.79 Å². The lowest BCUT2D eigenvalue weighted by atomic mass is 10.0. The number of hydrogen-bond donors (Lipinski definition) is 1. The summed E-state index contributed by atoms with van der Waals surface area (Å²) in [5, 5.41) is 2.68. The number of ether oxygens (including phenoxy) is 1. The number of para-hydroxylation sites is 1. The van der Waals surface area contributed by atoms with Crippen molar-refractivity contribution < 1.29 is 14.3 Å². The molecular formula is C17H16BrNO3. The molecule has 0 aliphatic rings. The number of hydrogen-bond acceptors (Lipinski definition) is 3.